The molecule has 1 aliphatic carbocycles. The molecule has 4 nitrogen and oxygen atoms in total. The molecule has 0 saturated heterocycles. The number of amides is 1. The van der Waals surface area contributed by atoms with Crippen molar-refractivity contribution in [2.24, 2.45) is 0 Å². The first-order valence-corrected chi connectivity index (χ1v) is 7.68. The summed E-state index contributed by atoms with van der Waals surface area (Å²) in [4.78, 5) is 12.1. The molecule has 0 heterocycles. The number of hydrogen-bond acceptors (Lipinski definition) is 3. The van der Waals surface area contributed by atoms with Crippen molar-refractivity contribution >= 4 is 21.8 Å². The van der Waals surface area contributed by atoms with Crippen LogP contribution >= 0.6 is 15.9 Å². The molecular formula is C15H20BrNO3. The summed E-state index contributed by atoms with van der Waals surface area (Å²) in [7, 11) is 0. The molecule has 1 saturated carbocycles. The Labute approximate surface area is 127 Å². The van der Waals surface area contributed by atoms with Gasteiger partial charge in [0.15, 0.2) is 0 Å². The van der Waals surface area contributed by atoms with E-state index in [9.17, 15) is 15.0 Å². The maximum atomic E-state index is 12.1. The number of benzene rings is 1. The summed E-state index contributed by atoms with van der Waals surface area (Å²) in [5.41, 5.74) is -0.521. The van der Waals surface area contributed by atoms with E-state index in [0.717, 1.165) is 22.9 Å². The molecule has 20 heavy (non-hydrogen) atoms. The number of halogens is 1. The molecule has 1 fully saturated rings. The Kier molecular flexibility index (Phi) is 4.83. The van der Waals surface area contributed by atoms with Crippen LogP contribution < -0.4 is 5.32 Å². The summed E-state index contributed by atoms with van der Waals surface area (Å²) >= 11 is 3.34. The average Bonchev–Trinajstić information content (AvgIpc) is 2.87. The van der Waals surface area contributed by atoms with E-state index in [1.54, 1.807) is 6.92 Å². The summed E-state index contributed by atoms with van der Waals surface area (Å²) < 4.78 is 0.936. The number of aliphatic hydroxyl groups excluding tert-OH is 1. The molecular weight excluding hydrogens is 322 g/mol. The van der Waals surface area contributed by atoms with Crippen molar-refractivity contribution in [2.45, 2.75) is 50.4 Å². The molecule has 0 aliphatic heterocycles. The SMILES string of the molecule is C[C@@H](NC(=O)C1(O)CCCC1)[C@@H](O)c1ccc(Br)cc1. The van der Waals surface area contributed by atoms with E-state index in [4.69, 9.17) is 0 Å². The van der Waals surface area contributed by atoms with Crippen molar-refractivity contribution in [3.05, 3.63) is 34.3 Å². The highest BCUT2D eigenvalue weighted by atomic mass is 79.9. The van der Waals surface area contributed by atoms with E-state index >= 15 is 0 Å². The van der Waals surface area contributed by atoms with E-state index in [-0.39, 0.29) is 5.91 Å². The van der Waals surface area contributed by atoms with Crippen LogP contribution in [0.4, 0.5) is 0 Å². The first kappa shape index (κ1) is 15.5. The van der Waals surface area contributed by atoms with Gasteiger partial charge in [-0.15, -0.1) is 0 Å². The predicted octanol–water partition coefficient (Wildman–Crippen LogP) is 2.29. The molecule has 2 atom stereocenters. The first-order valence-electron chi connectivity index (χ1n) is 6.89. The molecule has 1 aromatic rings. The summed E-state index contributed by atoms with van der Waals surface area (Å²) in [6, 6.07) is 6.85. The molecule has 0 aromatic heterocycles. The molecule has 1 aliphatic rings. The van der Waals surface area contributed by atoms with Crippen molar-refractivity contribution in [3.63, 3.8) is 0 Å². The lowest BCUT2D eigenvalue weighted by Gasteiger charge is -2.26. The van der Waals surface area contributed by atoms with E-state index in [0.29, 0.717) is 12.8 Å². The lowest BCUT2D eigenvalue weighted by molar-refractivity contribution is -0.140. The number of aliphatic hydroxyl groups is 2. The topological polar surface area (TPSA) is 69.6 Å². The number of carbonyl (C=O) groups is 1. The fourth-order valence-corrected chi connectivity index (χ4v) is 2.82. The van der Waals surface area contributed by atoms with Crippen molar-refractivity contribution < 1.29 is 15.0 Å². The third kappa shape index (κ3) is 3.40. The molecule has 0 unspecified atom stereocenters. The van der Waals surface area contributed by atoms with E-state index in [1.807, 2.05) is 24.3 Å². The Morgan fingerprint density at radius 2 is 1.85 bits per heavy atom. The van der Waals surface area contributed by atoms with Gasteiger partial charge < -0.3 is 15.5 Å². The van der Waals surface area contributed by atoms with Gasteiger partial charge in [-0.1, -0.05) is 28.1 Å². The second kappa shape index (κ2) is 6.24. The largest absolute Gasteiger partial charge is 0.386 e. The van der Waals surface area contributed by atoms with Crippen LogP contribution in [0.1, 0.15) is 44.3 Å². The summed E-state index contributed by atoms with van der Waals surface area (Å²) in [6.45, 7) is 1.74. The zero-order chi connectivity index (χ0) is 14.8. The minimum atomic E-state index is -1.26. The molecule has 5 heteroatoms. The zero-order valence-electron chi connectivity index (χ0n) is 11.5. The Morgan fingerprint density at radius 3 is 2.40 bits per heavy atom. The Morgan fingerprint density at radius 1 is 1.30 bits per heavy atom. The molecule has 0 spiro atoms. The number of hydrogen-bond donors (Lipinski definition) is 3. The predicted molar refractivity (Wildman–Crippen MR) is 80.1 cm³/mol. The first-order chi connectivity index (χ1) is 9.42. The van der Waals surface area contributed by atoms with Crippen LogP contribution in [0.5, 0.6) is 0 Å². The Balaban J connectivity index is 1.98. The minimum Gasteiger partial charge on any atom is -0.386 e. The van der Waals surface area contributed by atoms with Gasteiger partial charge in [0.05, 0.1) is 12.1 Å². The van der Waals surface area contributed by atoms with E-state index in [1.165, 1.54) is 0 Å². The minimum absolute atomic E-state index is 0.376. The van der Waals surface area contributed by atoms with Crippen LogP contribution in [-0.4, -0.2) is 27.8 Å². The van der Waals surface area contributed by atoms with Gasteiger partial charge in [0.2, 0.25) is 0 Å². The third-order valence-corrected chi connectivity index (χ3v) is 4.43. The number of nitrogens with one attached hydrogen (secondary N) is 1. The summed E-state index contributed by atoms with van der Waals surface area (Å²) in [5.74, 6) is -0.376. The fraction of sp³-hybridized carbons (Fsp3) is 0.533. The van der Waals surface area contributed by atoms with Crippen LogP contribution in [-0.2, 0) is 4.79 Å². The summed E-state index contributed by atoms with van der Waals surface area (Å²) in [6.07, 6.45) is 1.94. The summed E-state index contributed by atoms with van der Waals surface area (Å²) in [5, 5.41) is 23.2. The van der Waals surface area contributed by atoms with Crippen LogP contribution in [0.3, 0.4) is 0 Å². The third-order valence-electron chi connectivity index (χ3n) is 3.90. The Hall–Kier alpha value is -0.910. The highest BCUT2D eigenvalue weighted by Crippen LogP contribution is 2.30. The maximum Gasteiger partial charge on any atom is 0.252 e. The number of carbonyl (C=O) groups excluding carboxylic acids is 1. The molecule has 3 N–H and O–H groups in total. The second-order valence-electron chi connectivity index (χ2n) is 5.50. The Bertz CT molecular complexity index is 469. The van der Waals surface area contributed by atoms with Crippen LogP contribution in [0.2, 0.25) is 0 Å². The fourth-order valence-electron chi connectivity index (χ4n) is 2.56. The quantitative estimate of drug-likeness (QED) is 0.786. The molecule has 0 bridgehead atoms. The van der Waals surface area contributed by atoms with Crippen molar-refractivity contribution in [1.82, 2.24) is 5.32 Å². The van der Waals surface area contributed by atoms with Crippen LogP contribution in [0.25, 0.3) is 0 Å². The van der Waals surface area contributed by atoms with Gasteiger partial charge in [0.25, 0.3) is 5.91 Å². The van der Waals surface area contributed by atoms with Gasteiger partial charge in [-0.05, 0) is 50.3 Å². The van der Waals surface area contributed by atoms with E-state index in [2.05, 4.69) is 21.2 Å². The molecule has 110 valence electrons. The molecule has 1 aromatic carbocycles. The normalized spacial score (nSPS) is 20.4. The van der Waals surface area contributed by atoms with Crippen molar-refractivity contribution in [2.75, 3.05) is 0 Å². The van der Waals surface area contributed by atoms with Crippen LogP contribution in [0.15, 0.2) is 28.7 Å². The number of rotatable bonds is 4. The van der Waals surface area contributed by atoms with E-state index < -0.39 is 17.7 Å². The highest BCUT2D eigenvalue weighted by molar-refractivity contribution is 9.10. The van der Waals surface area contributed by atoms with Crippen LogP contribution in [0, 0.1) is 0 Å². The average molecular weight is 342 g/mol. The standard InChI is InChI=1S/C15H20BrNO3/c1-10(13(18)11-4-6-12(16)7-5-11)17-14(19)15(20)8-2-3-9-15/h4-7,10,13,18,20H,2-3,8-9H2,1H3,(H,17,19)/t10-,13-/m1/s1. The smallest absolute Gasteiger partial charge is 0.252 e. The van der Waals surface area contributed by atoms with Gasteiger partial charge in [0, 0.05) is 4.47 Å². The van der Waals surface area contributed by atoms with Crippen molar-refractivity contribution in [1.29, 1.82) is 0 Å². The second-order valence-corrected chi connectivity index (χ2v) is 6.41. The monoisotopic (exact) mass is 341 g/mol. The zero-order valence-corrected chi connectivity index (χ0v) is 13.1. The van der Waals surface area contributed by atoms with Gasteiger partial charge in [-0.2, -0.15) is 0 Å². The maximum absolute atomic E-state index is 12.1. The molecule has 0 radical (unpaired) electrons. The van der Waals surface area contributed by atoms with Gasteiger partial charge >= 0.3 is 0 Å². The molecule has 2 rings (SSSR count). The van der Waals surface area contributed by atoms with Gasteiger partial charge in [-0.25, -0.2) is 0 Å². The lowest BCUT2D eigenvalue weighted by atomic mass is 9.99. The highest BCUT2D eigenvalue weighted by Gasteiger charge is 2.39. The van der Waals surface area contributed by atoms with Gasteiger partial charge in [0.1, 0.15) is 5.60 Å². The van der Waals surface area contributed by atoms with Crippen molar-refractivity contribution in [3.8, 4) is 0 Å². The van der Waals surface area contributed by atoms with Gasteiger partial charge in [-0.3, -0.25) is 4.79 Å². The lowest BCUT2D eigenvalue weighted by Crippen LogP contribution is -2.49. The molecule has 1 amide bonds.